The molecule has 1 N–H and O–H groups in total. The second-order valence-corrected chi connectivity index (χ2v) is 7.41. The van der Waals surface area contributed by atoms with Crippen molar-refractivity contribution >= 4 is 11.6 Å². The third kappa shape index (κ3) is 1.73. The number of aliphatic hydroxyl groups is 1. The Morgan fingerprint density at radius 2 is 2.08 bits per heavy atom. The maximum Gasteiger partial charge on any atom is 0.218 e. The summed E-state index contributed by atoms with van der Waals surface area (Å²) in [5.74, 6) is -0.181. The zero-order valence-corrected chi connectivity index (χ0v) is 13.4. The number of nitrogens with zero attached hydrogens (tertiary/aromatic N) is 2. The van der Waals surface area contributed by atoms with Crippen molar-refractivity contribution < 1.29 is 28.8 Å². The van der Waals surface area contributed by atoms with Crippen molar-refractivity contribution in [1.82, 2.24) is 4.98 Å². The van der Waals surface area contributed by atoms with Gasteiger partial charge in [-0.25, -0.2) is 4.98 Å². The third-order valence-electron chi connectivity index (χ3n) is 6.19. The number of piperidine rings is 1. The van der Waals surface area contributed by atoms with Crippen LogP contribution in [0.15, 0.2) is 24.4 Å². The number of hydrogen-bond donors (Lipinski definition) is 1. The number of rotatable bonds is 1. The molecule has 5 aliphatic rings. The lowest BCUT2D eigenvalue weighted by atomic mass is 9.66. The molecule has 8 nitrogen and oxygen atoms in total. The molecule has 5 saturated heterocycles. The number of carbonyl (C=O) groups is 1. The minimum Gasteiger partial charge on any atom is -0.384 e. The van der Waals surface area contributed by atoms with Crippen LogP contribution in [0.2, 0.25) is 0 Å². The highest BCUT2D eigenvalue weighted by Gasteiger charge is 2.70. The summed E-state index contributed by atoms with van der Waals surface area (Å²) in [6.07, 6.45) is 0.00283. The number of carbonyl (C=O) groups excluding carboxylic acids is 1. The van der Waals surface area contributed by atoms with Crippen LogP contribution in [0.4, 0.5) is 5.82 Å². The molecule has 1 aromatic rings. The van der Waals surface area contributed by atoms with Gasteiger partial charge in [-0.1, -0.05) is 6.07 Å². The van der Waals surface area contributed by atoms with E-state index in [-0.39, 0.29) is 30.1 Å². The molecule has 0 radical (unpaired) electrons. The molecule has 6 bridgehead atoms. The zero-order valence-electron chi connectivity index (χ0n) is 13.4. The molecule has 5 aliphatic heterocycles. The van der Waals surface area contributed by atoms with E-state index in [1.807, 2.05) is 18.2 Å². The maximum atomic E-state index is 13.0. The van der Waals surface area contributed by atoms with Gasteiger partial charge in [0.2, 0.25) is 6.29 Å². The predicted molar refractivity (Wildman–Crippen MR) is 81.6 cm³/mol. The quantitative estimate of drug-likeness (QED) is 0.725. The summed E-state index contributed by atoms with van der Waals surface area (Å²) >= 11 is 0. The van der Waals surface area contributed by atoms with E-state index in [2.05, 4.69) is 9.88 Å². The predicted octanol–water partition coefficient (Wildman–Crippen LogP) is -0.544. The highest BCUT2D eigenvalue weighted by Crippen LogP contribution is 2.53. The van der Waals surface area contributed by atoms with Crippen LogP contribution in [0, 0.1) is 5.92 Å². The summed E-state index contributed by atoms with van der Waals surface area (Å²) in [4.78, 5) is 19.6. The lowest BCUT2D eigenvalue weighted by Gasteiger charge is -2.59. The first-order valence-electron chi connectivity index (χ1n) is 8.66. The molecule has 6 heterocycles. The Hall–Kier alpha value is -1.58. The lowest BCUT2D eigenvalue weighted by molar-refractivity contribution is -0.261. The molecule has 8 heteroatoms. The number of Topliss-reactive ketones (excluding diaryl/α,β-unsaturated/α-hetero) is 1. The van der Waals surface area contributed by atoms with Gasteiger partial charge in [0.25, 0.3) is 0 Å². The summed E-state index contributed by atoms with van der Waals surface area (Å²) in [6, 6.07) is 5.20. The fourth-order valence-electron chi connectivity index (χ4n) is 5.21. The highest BCUT2D eigenvalue weighted by molar-refractivity contribution is 5.88. The van der Waals surface area contributed by atoms with Crippen molar-refractivity contribution in [1.29, 1.82) is 0 Å². The van der Waals surface area contributed by atoms with Crippen LogP contribution in [0.3, 0.4) is 0 Å². The van der Waals surface area contributed by atoms with Crippen LogP contribution in [0.5, 0.6) is 0 Å². The Kier molecular flexibility index (Phi) is 2.78. The van der Waals surface area contributed by atoms with Crippen LogP contribution >= 0.6 is 0 Å². The Morgan fingerprint density at radius 3 is 2.92 bits per heavy atom. The number of fused-ring (bicyclic) bond motifs is 11. The molecule has 0 aromatic carbocycles. The number of hydrogen-bond acceptors (Lipinski definition) is 8. The zero-order chi connectivity index (χ0) is 16.8. The number of ketones is 1. The molecule has 1 aromatic heterocycles. The van der Waals surface area contributed by atoms with Gasteiger partial charge in [-0.3, -0.25) is 4.79 Å². The molecule has 0 saturated carbocycles. The van der Waals surface area contributed by atoms with Gasteiger partial charge in [0.05, 0.1) is 31.2 Å². The van der Waals surface area contributed by atoms with Crippen molar-refractivity contribution in [2.75, 3.05) is 18.1 Å². The van der Waals surface area contributed by atoms with Crippen molar-refractivity contribution in [2.45, 2.75) is 48.9 Å². The molecular weight excluding hydrogens is 328 g/mol. The number of ether oxygens (including phenoxy) is 4. The van der Waals surface area contributed by atoms with Crippen molar-refractivity contribution in [3.63, 3.8) is 0 Å². The number of pyridine rings is 1. The van der Waals surface area contributed by atoms with Gasteiger partial charge in [0.15, 0.2) is 12.1 Å². The van der Waals surface area contributed by atoms with Gasteiger partial charge < -0.3 is 29.0 Å². The molecular formula is C17H18N2O6. The first kappa shape index (κ1) is 14.6. The van der Waals surface area contributed by atoms with Gasteiger partial charge in [-0.15, -0.1) is 0 Å². The second kappa shape index (κ2) is 4.77. The number of anilines is 1. The molecule has 0 amide bonds. The van der Waals surface area contributed by atoms with Gasteiger partial charge in [0.1, 0.15) is 23.6 Å². The molecule has 5 fully saturated rings. The molecule has 25 heavy (non-hydrogen) atoms. The van der Waals surface area contributed by atoms with Gasteiger partial charge >= 0.3 is 0 Å². The third-order valence-corrected chi connectivity index (χ3v) is 6.19. The molecule has 8 atom stereocenters. The topological polar surface area (TPSA) is 90.4 Å². The fraction of sp³-hybridized carbons (Fsp3) is 0.647. The van der Waals surface area contributed by atoms with E-state index in [1.54, 1.807) is 6.20 Å². The molecule has 0 unspecified atom stereocenters. The van der Waals surface area contributed by atoms with E-state index in [0.29, 0.717) is 19.6 Å². The highest BCUT2D eigenvalue weighted by atomic mass is 16.7. The smallest absolute Gasteiger partial charge is 0.218 e. The van der Waals surface area contributed by atoms with E-state index in [4.69, 9.17) is 18.9 Å². The normalized spacial score (nSPS) is 50.0. The summed E-state index contributed by atoms with van der Waals surface area (Å²) < 4.78 is 23.0. The minimum atomic E-state index is -1.36. The van der Waals surface area contributed by atoms with Crippen LogP contribution in [-0.2, 0) is 23.7 Å². The van der Waals surface area contributed by atoms with Crippen LogP contribution in [-0.4, -0.2) is 71.6 Å². The summed E-state index contributed by atoms with van der Waals surface area (Å²) in [5, 5.41) is 11.5. The lowest BCUT2D eigenvalue weighted by Crippen LogP contribution is -2.76. The molecule has 6 rings (SSSR count). The summed E-state index contributed by atoms with van der Waals surface area (Å²) in [6.45, 7) is 0.737. The van der Waals surface area contributed by atoms with Crippen LogP contribution in [0.1, 0.15) is 6.42 Å². The van der Waals surface area contributed by atoms with Crippen LogP contribution < -0.4 is 4.90 Å². The van der Waals surface area contributed by atoms with Gasteiger partial charge in [0, 0.05) is 12.6 Å². The molecule has 132 valence electrons. The first-order chi connectivity index (χ1) is 12.2. The van der Waals surface area contributed by atoms with E-state index in [1.165, 1.54) is 0 Å². The largest absolute Gasteiger partial charge is 0.384 e. The first-order valence-corrected chi connectivity index (χ1v) is 8.66. The number of aromatic nitrogens is 1. The Balaban J connectivity index is 1.54. The standard InChI is InChI=1S/C17H18N2O6/c20-14-12-13(10-7-22-15(14)24-10)19(11-3-1-2-4-18-11)8-5-17(12,21)16-23-6-9(8)25-16/h1-4,8-10,12-13,15-16,21H,5-7H2/t8-,9+,10+,12+,13+,15+,16+,17+/m0/s1. The second-order valence-electron chi connectivity index (χ2n) is 7.41. The SMILES string of the molecule is O=C1[C@@H]2OC[C@@H](O2)[C@@H]2[C@H]1[C@]1(O)C[C@@H]([C@H]3CO[C@@H]1O3)N2c1ccccn1. The Labute approximate surface area is 143 Å². The van der Waals surface area contributed by atoms with Crippen molar-refractivity contribution in [3.8, 4) is 0 Å². The van der Waals surface area contributed by atoms with Crippen molar-refractivity contribution in [3.05, 3.63) is 24.4 Å². The van der Waals surface area contributed by atoms with E-state index >= 15 is 0 Å². The monoisotopic (exact) mass is 346 g/mol. The van der Waals surface area contributed by atoms with Crippen LogP contribution in [0.25, 0.3) is 0 Å². The summed E-state index contributed by atoms with van der Waals surface area (Å²) in [7, 11) is 0. The van der Waals surface area contributed by atoms with E-state index < -0.39 is 24.1 Å². The van der Waals surface area contributed by atoms with Gasteiger partial charge in [-0.05, 0) is 12.1 Å². The summed E-state index contributed by atoms with van der Waals surface area (Å²) in [5.41, 5.74) is -1.36. The maximum absolute atomic E-state index is 13.0. The van der Waals surface area contributed by atoms with Crippen molar-refractivity contribution in [2.24, 2.45) is 5.92 Å². The average molecular weight is 346 g/mol. The van der Waals surface area contributed by atoms with E-state index in [0.717, 1.165) is 5.82 Å². The molecule has 0 spiro atoms. The molecule has 0 aliphatic carbocycles. The minimum absolute atomic E-state index is 0.131. The fourth-order valence-corrected chi connectivity index (χ4v) is 5.21. The van der Waals surface area contributed by atoms with E-state index in [9.17, 15) is 9.90 Å². The Morgan fingerprint density at radius 1 is 1.20 bits per heavy atom. The average Bonchev–Trinajstić information content (AvgIpc) is 3.26. The van der Waals surface area contributed by atoms with Gasteiger partial charge in [-0.2, -0.15) is 0 Å². The Bertz CT molecular complexity index is 731.